The molecule has 0 unspecified atom stereocenters. The van der Waals surface area contributed by atoms with E-state index in [1.807, 2.05) is 6.07 Å². The Bertz CT molecular complexity index is 1160. The predicted octanol–water partition coefficient (Wildman–Crippen LogP) is 4.11. The van der Waals surface area contributed by atoms with E-state index in [1.165, 1.54) is 42.2 Å². The molecule has 3 aromatic rings. The summed E-state index contributed by atoms with van der Waals surface area (Å²) >= 11 is 1.24. The summed E-state index contributed by atoms with van der Waals surface area (Å²) in [5, 5.41) is 23.6. The molecule has 0 atom stereocenters. The Balaban J connectivity index is 1.51. The number of benzene rings is 3. The van der Waals surface area contributed by atoms with Crippen LogP contribution in [0.5, 0.6) is 5.75 Å². The quantitative estimate of drug-likeness (QED) is 0.199. The van der Waals surface area contributed by atoms with Crippen LogP contribution in [0.25, 0.3) is 0 Å². The SMILES string of the molecule is O=C(CSc1ccc([N+](=O)[O-])cc1)N/N=C/c1ccccc1OCc1ccc(C(=O)O)cc1. The predicted molar refractivity (Wildman–Crippen MR) is 124 cm³/mol. The topological polar surface area (TPSA) is 131 Å². The number of carboxylic acids is 1. The van der Waals surface area contributed by atoms with Gasteiger partial charge in [0.25, 0.3) is 5.69 Å². The molecule has 0 aliphatic rings. The maximum atomic E-state index is 12.0. The van der Waals surface area contributed by atoms with Crippen LogP contribution < -0.4 is 10.2 Å². The highest BCUT2D eigenvalue weighted by molar-refractivity contribution is 8.00. The summed E-state index contributed by atoms with van der Waals surface area (Å²) in [6, 6.07) is 19.5. The molecule has 0 saturated carbocycles. The molecular formula is C23H19N3O6S. The standard InChI is InChI=1S/C23H19N3O6S/c27-22(15-33-20-11-9-19(10-12-20)26(30)31)25-24-13-18-3-1-2-4-21(18)32-14-16-5-7-17(8-6-16)23(28)29/h1-13H,14-15H2,(H,25,27)(H,28,29)/b24-13+. The first-order chi connectivity index (χ1) is 15.9. The molecule has 0 radical (unpaired) electrons. The number of para-hydroxylation sites is 1. The number of nitrogens with one attached hydrogen (secondary N) is 1. The Labute approximate surface area is 193 Å². The van der Waals surface area contributed by atoms with E-state index < -0.39 is 10.9 Å². The maximum Gasteiger partial charge on any atom is 0.335 e. The van der Waals surface area contributed by atoms with Gasteiger partial charge < -0.3 is 9.84 Å². The zero-order chi connectivity index (χ0) is 23.6. The first kappa shape index (κ1) is 23.5. The second-order valence-electron chi connectivity index (χ2n) is 6.66. The van der Waals surface area contributed by atoms with Crippen molar-refractivity contribution in [2.45, 2.75) is 11.5 Å². The van der Waals surface area contributed by atoms with Crippen molar-refractivity contribution in [3.8, 4) is 5.75 Å². The van der Waals surface area contributed by atoms with E-state index in [-0.39, 0.29) is 29.5 Å². The van der Waals surface area contributed by atoms with Gasteiger partial charge in [-0.15, -0.1) is 11.8 Å². The Morgan fingerprint density at radius 3 is 2.42 bits per heavy atom. The Morgan fingerprint density at radius 2 is 1.76 bits per heavy atom. The number of carboxylic acid groups (broad SMARTS) is 1. The number of amides is 1. The van der Waals surface area contributed by atoms with Gasteiger partial charge in [-0.3, -0.25) is 14.9 Å². The van der Waals surface area contributed by atoms with Gasteiger partial charge in [0.05, 0.1) is 22.5 Å². The summed E-state index contributed by atoms with van der Waals surface area (Å²) in [6.45, 7) is 0.239. The fraction of sp³-hybridized carbons (Fsp3) is 0.0870. The molecule has 0 saturated heterocycles. The van der Waals surface area contributed by atoms with Crippen molar-refractivity contribution in [1.82, 2.24) is 5.43 Å². The number of nitro benzene ring substituents is 1. The first-order valence-corrected chi connectivity index (χ1v) is 10.6. The van der Waals surface area contributed by atoms with Gasteiger partial charge in [-0.25, -0.2) is 10.2 Å². The fourth-order valence-corrected chi connectivity index (χ4v) is 3.33. The minimum atomic E-state index is -0.989. The number of carbonyl (C=O) groups is 2. The van der Waals surface area contributed by atoms with Crippen molar-refractivity contribution >= 4 is 35.5 Å². The molecule has 0 aromatic heterocycles. The van der Waals surface area contributed by atoms with Gasteiger partial charge in [0.15, 0.2) is 0 Å². The van der Waals surface area contributed by atoms with Gasteiger partial charge in [-0.05, 0) is 42.0 Å². The average Bonchev–Trinajstić information content (AvgIpc) is 2.82. The van der Waals surface area contributed by atoms with E-state index in [1.54, 1.807) is 42.5 Å². The van der Waals surface area contributed by atoms with E-state index in [0.29, 0.717) is 11.3 Å². The van der Waals surface area contributed by atoms with Crippen LogP contribution in [0.1, 0.15) is 21.5 Å². The van der Waals surface area contributed by atoms with E-state index in [0.717, 1.165) is 10.5 Å². The molecule has 1 amide bonds. The van der Waals surface area contributed by atoms with E-state index in [4.69, 9.17) is 9.84 Å². The molecule has 168 valence electrons. The lowest BCUT2D eigenvalue weighted by Crippen LogP contribution is -2.19. The van der Waals surface area contributed by atoms with Crippen molar-refractivity contribution in [1.29, 1.82) is 0 Å². The summed E-state index contributed by atoms with van der Waals surface area (Å²) in [7, 11) is 0. The number of nitrogens with zero attached hydrogens (tertiary/aromatic N) is 2. The highest BCUT2D eigenvalue weighted by atomic mass is 32.2. The van der Waals surface area contributed by atoms with Crippen molar-refractivity contribution in [3.05, 3.63) is 99.6 Å². The second kappa shape index (κ2) is 11.4. The Morgan fingerprint density at radius 1 is 1.06 bits per heavy atom. The van der Waals surface area contributed by atoms with Crippen LogP contribution in [-0.2, 0) is 11.4 Å². The monoisotopic (exact) mass is 465 g/mol. The van der Waals surface area contributed by atoms with Crippen LogP contribution in [0.3, 0.4) is 0 Å². The minimum absolute atomic E-state index is 0.00781. The first-order valence-electron chi connectivity index (χ1n) is 9.65. The molecule has 10 heteroatoms. The van der Waals surface area contributed by atoms with Crippen molar-refractivity contribution < 1.29 is 24.4 Å². The summed E-state index contributed by atoms with van der Waals surface area (Å²) in [4.78, 5) is 33.9. The van der Waals surface area contributed by atoms with Crippen molar-refractivity contribution in [3.63, 3.8) is 0 Å². The van der Waals surface area contributed by atoms with Crippen LogP contribution >= 0.6 is 11.8 Å². The second-order valence-corrected chi connectivity index (χ2v) is 7.71. The average molecular weight is 465 g/mol. The molecule has 3 rings (SSSR count). The largest absolute Gasteiger partial charge is 0.488 e. The smallest absolute Gasteiger partial charge is 0.335 e. The van der Waals surface area contributed by atoms with Gasteiger partial charge in [0, 0.05) is 22.6 Å². The van der Waals surface area contributed by atoms with E-state index in [2.05, 4.69) is 10.5 Å². The molecule has 0 aliphatic heterocycles. The number of ether oxygens (including phenoxy) is 1. The third-order valence-corrected chi connectivity index (χ3v) is 5.34. The normalized spacial score (nSPS) is 10.7. The van der Waals surface area contributed by atoms with Gasteiger partial charge in [0.2, 0.25) is 5.91 Å². The molecule has 9 nitrogen and oxygen atoms in total. The van der Waals surface area contributed by atoms with Gasteiger partial charge >= 0.3 is 5.97 Å². The lowest BCUT2D eigenvalue weighted by Gasteiger charge is -2.09. The van der Waals surface area contributed by atoms with Crippen molar-refractivity contribution in [2.75, 3.05) is 5.75 Å². The van der Waals surface area contributed by atoms with Crippen LogP contribution in [0.4, 0.5) is 5.69 Å². The third-order valence-electron chi connectivity index (χ3n) is 4.32. The van der Waals surface area contributed by atoms with Crippen LogP contribution in [-0.4, -0.2) is 33.9 Å². The maximum absolute atomic E-state index is 12.0. The van der Waals surface area contributed by atoms with Gasteiger partial charge in [-0.1, -0.05) is 24.3 Å². The van der Waals surface area contributed by atoms with Gasteiger partial charge in [-0.2, -0.15) is 5.10 Å². The minimum Gasteiger partial charge on any atom is -0.488 e. The fourth-order valence-electron chi connectivity index (χ4n) is 2.64. The number of hydrazone groups is 1. The van der Waals surface area contributed by atoms with Crippen LogP contribution in [0.15, 0.2) is 82.8 Å². The van der Waals surface area contributed by atoms with E-state index in [9.17, 15) is 19.7 Å². The highest BCUT2D eigenvalue weighted by Crippen LogP contribution is 2.21. The summed E-state index contributed by atoms with van der Waals surface area (Å²) in [6.07, 6.45) is 1.47. The summed E-state index contributed by atoms with van der Waals surface area (Å²) < 4.78 is 5.81. The molecular weight excluding hydrogens is 446 g/mol. The number of thioether (sulfide) groups is 1. The number of rotatable bonds is 10. The zero-order valence-electron chi connectivity index (χ0n) is 17.2. The molecule has 0 spiro atoms. The summed E-state index contributed by atoms with van der Waals surface area (Å²) in [5.41, 5.74) is 4.10. The van der Waals surface area contributed by atoms with Gasteiger partial charge in [0.1, 0.15) is 12.4 Å². The molecule has 2 N–H and O–H groups in total. The number of nitro groups is 1. The van der Waals surface area contributed by atoms with Crippen LogP contribution in [0.2, 0.25) is 0 Å². The Hall–Kier alpha value is -4.18. The summed E-state index contributed by atoms with van der Waals surface area (Å²) in [5.74, 6) is -0.665. The number of non-ortho nitro benzene ring substituents is 1. The highest BCUT2D eigenvalue weighted by Gasteiger charge is 2.07. The molecule has 0 aliphatic carbocycles. The van der Waals surface area contributed by atoms with Crippen LogP contribution in [0, 0.1) is 10.1 Å². The molecule has 0 bridgehead atoms. The number of aromatic carboxylic acids is 1. The third kappa shape index (κ3) is 7.18. The molecule has 3 aromatic carbocycles. The Kier molecular flexibility index (Phi) is 8.14. The molecule has 0 fully saturated rings. The van der Waals surface area contributed by atoms with Crippen molar-refractivity contribution in [2.24, 2.45) is 5.10 Å². The number of carbonyl (C=O) groups excluding carboxylic acids is 1. The number of hydrogen-bond acceptors (Lipinski definition) is 7. The van der Waals surface area contributed by atoms with E-state index >= 15 is 0 Å². The number of hydrogen-bond donors (Lipinski definition) is 2. The lowest BCUT2D eigenvalue weighted by molar-refractivity contribution is -0.384. The molecule has 0 heterocycles. The zero-order valence-corrected chi connectivity index (χ0v) is 18.0. The lowest BCUT2D eigenvalue weighted by atomic mass is 10.1. The molecule has 33 heavy (non-hydrogen) atoms.